The van der Waals surface area contributed by atoms with Gasteiger partial charge in [-0.2, -0.15) is 5.26 Å². The summed E-state index contributed by atoms with van der Waals surface area (Å²) in [5, 5.41) is 11.5. The quantitative estimate of drug-likeness (QED) is 0.837. The van der Waals surface area contributed by atoms with Crippen molar-refractivity contribution < 1.29 is 17.9 Å². The van der Waals surface area contributed by atoms with Crippen molar-refractivity contribution in [1.82, 2.24) is 0 Å². The summed E-state index contributed by atoms with van der Waals surface area (Å²) in [6.45, 7) is 1.47. The third-order valence-corrected chi connectivity index (χ3v) is 4.74. The molecule has 26 heavy (non-hydrogen) atoms. The lowest BCUT2D eigenvalue weighted by molar-refractivity contribution is -0.114. The summed E-state index contributed by atoms with van der Waals surface area (Å²) < 4.78 is 30.4. The van der Waals surface area contributed by atoms with E-state index >= 15 is 0 Å². The van der Waals surface area contributed by atoms with Crippen LogP contribution in [0.15, 0.2) is 42.5 Å². The highest BCUT2D eigenvalue weighted by Gasteiger charge is 2.21. The Kier molecular flexibility index (Phi) is 5.85. The number of methoxy groups -OCH3 is 1. The van der Waals surface area contributed by atoms with E-state index in [4.69, 9.17) is 10.00 Å². The molecule has 0 atom stereocenters. The normalized spacial score (nSPS) is 10.7. The Balaban J connectivity index is 2.25. The van der Waals surface area contributed by atoms with Crippen molar-refractivity contribution in [2.75, 3.05) is 29.5 Å². The Bertz CT molecular complexity index is 947. The number of benzene rings is 2. The highest BCUT2D eigenvalue weighted by atomic mass is 32.2. The third kappa shape index (κ3) is 4.74. The molecule has 2 rings (SSSR count). The van der Waals surface area contributed by atoms with Gasteiger partial charge in [-0.05, 0) is 48.9 Å². The molecule has 2 aromatic rings. The van der Waals surface area contributed by atoms with E-state index < -0.39 is 22.5 Å². The van der Waals surface area contributed by atoms with E-state index in [1.54, 1.807) is 12.1 Å². The number of anilines is 2. The number of aryl methyl sites for hydroxylation is 1. The van der Waals surface area contributed by atoms with E-state index in [-0.39, 0.29) is 0 Å². The molecular weight excluding hydrogens is 354 g/mol. The summed E-state index contributed by atoms with van der Waals surface area (Å²) in [7, 11) is -2.20. The van der Waals surface area contributed by atoms with Gasteiger partial charge in [0.25, 0.3) is 0 Å². The lowest BCUT2D eigenvalue weighted by Crippen LogP contribution is -2.37. The van der Waals surface area contributed by atoms with E-state index in [0.717, 1.165) is 16.1 Å². The Morgan fingerprint density at radius 2 is 1.88 bits per heavy atom. The Labute approximate surface area is 152 Å². The van der Waals surface area contributed by atoms with Crippen molar-refractivity contribution in [3.05, 3.63) is 53.6 Å². The van der Waals surface area contributed by atoms with Gasteiger partial charge in [-0.3, -0.25) is 9.10 Å². The predicted octanol–water partition coefficient (Wildman–Crippen LogP) is 2.28. The summed E-state index contributed by atoms with van der Waals surface area (Å²) in [6.07, 6.45) is 1.02. The van der Waals surface area contributed by atoms with Crippen LogP contribution in [-0.4, -0.2) is 34.2 Å². The predicted molar refractivity (Wildman–Crippen MR) is 99.7 cm³/mol. The number of carbonyl (C=O) groups excluding carboxylic acids is 1. The van der Waals surface area contributed by atoms with Gasteiger partial charge < -0.3 is 10.1 Å². The maximum atomic E-state index is 12.4. The lowest BCUT2D eigenvalue weighted by atomic mass is 10.2. The van der Waals surface area contributed by atoms with Crippen LogP contribution in [0.5, 0.6) is 5.75 Å². The number of nitrogens with one attached hydrogen (secondary N) is 1. The second-order valence-electron chi connectivity index (χ2n) is 5.68. The van der Waals surface area contributed by atoms with Gasteiger partial charge in [-0.1, -0.05) is 6.07 Å². The number of hydrogen-bond donors (Lipinski definition) is 1. The van der Waals surface area contributed by atoms with Crippen LogP contribution in [0.4, 0.5) is 11.4 Å². The van der Waals surface area contributed by atoms with E-state index in [1.165, 1.54) is 31.4 Å². The molecular formula is C18H19N3O4S. The van der Waals surface area contributed by atoms with Crippen molar-refractivity contribution in [1.29, 1.82) is 5.26 Å². The number of amides is 1. The van der Waals surface area contributed by atoms with E-state index in [9.17, 15) is 13.2 Å². The van der Waals surface area contributed by atoms with Crippen molar-refractivity contribution in [2.45, 2.75) is 6.92 Å². The van der Waals surface area contributed by atoms with Gasteiger partial charge in [-0.15, -0.1) is 0 Å². The van der Waals surface area contributed by atoms with Crippen LogP contribution in [0.3, 0.4) is 0 Å². The maximum absolute atomic E-state index is 12.4. The van der Waals surface area contributed by atoms with Gasteiger partial charge in [0.15, 0.2) is 0 Å². The molecule has 0 saturated heterocycles. The van der Waals surface area contributed by atoms with Crippen molar-refractivity contribution in [3.8, 4) is 11.8 Å². The molecule has 1 amide bonds. The molecule has 0 spiro atoms. The Morgan fingerprint density at radius 3 is 2.42 bits per heavy atom. The first-order valence-electron chi connectivity index (χ1n) is 7.67. The molecule has 0 saturated carbocycles. The van der Waals surface area contributed by atoms with Crippen LogP contribution in [0.25, 0.3) is 0 Å². The minimum Gasteiger partial charge on any atom is -0.495 e. The average Bonchev–Trinajstić information content (AvgIpc) is 2.59. The largest absolute Gasteiger partial charge is 0.495 e. The first-order chi connectivity index (χ1) is 12.2. The molecule has 0 unspecified atom stereocenters. The van der Waals surface area contributed by atoms with Crippen LogP contribution >= 0.6 is 0 Å². The molecule has 0 aliphatic carbocycles. The van der Waals surface area contributed by atoms with E-state index in [1.807, 2.05) is 19.1 Å². The molecule has 0 radical (unpaired) electrons. The number of nitrogens with zero attached hydrogens (tertiary/aromatic N) is 2. The van der Waals surface area contributed by atoms with Crippen molar-refractivity contribution >= 4 is 27.3 Å². The summed E-state index contributed by atoms with van der Waals surface area (Å²) in [5.74, 6) is -0.0306. The molecule has 0 aromatic heterocycles. The third-order valence-electron chi connectivity index (χ3n) is 3.60. The van der Waals surface area contributed by atoms with Crippen molar-refractivity contribution in [3.63, 3.8) is 0 Å². The van der Waals surface area contributed by atoms with E-state index in [2.05, 4.69) is 5.32 Å². The fourth-order valence-corrected chi connectivity index (χ4v) is 3.20. The summed E-state index contributed by atoms with van der Waals surface area (Å²) in [5.41, 5.74) is 2.09. The minimum absolute atomic E-state index is 0.304. The second kappa shape index (κ2) is 7.89. The Hall–Kier alpha value is -3.05. The zero-order valence-corrected chi connectivity index (χ0v) is 15.5. The minimum atomic E-state index is -3.69. The molecule has 0 fully saturated rings. The van der Waals surface area contributed by atoms with Gasteiger partial charge in [0.2, 0.25) is 15.9 Å². The van der Waals surface area contributed by atoms with Gasteiger partial charge in [0.1, 0.15) is 12.3 Å². The number of hydrogen-bond acceptors (Lipinski definition) is 5. The SMILES string of the molecule is COc1ccc(C)cc1NC(=O)CN(c1ccc(C#N)cc1)S(C)(=O)=O. The zero-order chi connectivity index (χ0) is 19.3. The fourth-order valence-electron chi connectivity index (χ4n) is 2.34. The topological polar surface area (TPSA) is 99.5 Å². The Morgan fingerprint density at radius 1 is 1.23 bits per heavy atom. The number of ether oxygens (including phenoxy) is 1. The van der Waals surface area contributed by atoms with Crippen LogP contribution in [0.2, 0.25) is 0 Å². The van der Waals surface area contributed by atoms with E-state index in [0.29, 0.717) is 22.7 Å². The molecule has 1 N–H and O–H groups in total. The molecule has 7 nitrogen and oxygen atoms in total. The highest BCUT2D eigenvalue weighted by Crippen LogP contribution is 2.25. The molecule has 0 aliphatic heterocycles. The van der Waals surface area contributed by atoms with Crippen molar-refractivity contribution in [2.24, 2.45) is 0 Å². The summed E-state index contributed by atoms with van der Waals surface area (Å²) >= 11 is 0. The standard InChI is InChI=1S/C18H19N3O4S/c1-13-4-9-17(25-2)16(10-13)20-18(22)12-21(26(3,23)24)15-7-5-14(11-19)6-8-15/h4-10H,12H2,1-3H3,(H,20,22). The molecule has 0 heterocycles. The van der Waals surface area contributed by atoms with Gasteiger partial charge in [-0.25, -0.2) is 8.42 Å². The maximum Gasteiger partial charge on any atom is 0.245 e. The molecule has 8 heteroatoms. The second-order valence-corrected chi connectivity index (χ2v) is 7.59. The molecule has 136 valence electrons. The van der Waals surface area contributed by atoms with Crippen LogP contribution in [0, 0.1) is 18.3 Å². The molecule has 0 bridgehead atoms. The zero-order valence-electron chi connectivity index (χ0n) is 14.7. The smallest absolute Gasteiger partial charge is 0.245 e. The first kappa shape index (κ1) is 19.3. The monoisotopic (exact) mass is 373 g/mol. The fraction of sp³-hybridized carbons (Fsp3) is 0.222. The van der Waals surface area contributed by atoms with Crippen LogP contribution < -0.4 is 14.4 Å². The highest BCUT2D eigenvalue weighted by molar-refractivity contribution is 7.92. The van der Waals surface area contributed by atoms with Crippen LogP contribution in [0.1, 0.15) is 11.1 Å². The first-order valence-corrected chi connectivity index (χ1v) is 9.52. The number of carbonyl (C=O) groups is 1. The molecule has 0 aliphatic rings. The average molecular weight is 373 g/mol. The van der Waals surface area contributed by atoms with Gasteiger partial charge in [0.05, 0.1) is 36.4 Å². The van der Waals surface area contributed by atoms with Gasteiger partial charge >= 0.3 is 0 Å². The van der Waals surface area contributed by atoms with Crippen LogP contribution in [-0.2, 0) is 14.8 Å². The summed E-state index contributed by atoms with van der Waals surface area (Å²) in [6, 6.07) is 13.2. The lowest BCUT2D eigenvalue weighted by Gasteiger charge is -2.22. The summed E-state index contributed by atoms with van der Waals surface area (Å²) in [4.78, 5) is 12.4. The number of sulfonamides is 1. The molecule has 2 aromatic carbocycles. The number of rotatable bonds is 6. The number of nitriles is 1. The van der Waals surface area contributed by atoms with Gasteiger partial charge in [0, 0.05) is 0 Å².